The molecule has 1 aliphatic rings. The quantitative estimate of drug-likeness (QED) is 0.935. The third-order valence-corrected chi connectivity index (χ3v) is 4.39. The van der Waals surface area contributed by atoms with Crippen LogP contribution in [-0.2, 0) is 24.8 Å². The van der Waals surface area contributed by atoms with Gasteiger partial charge in [-0.1, -0.05) is 34.1 Å². The average molecular weight is 336 g/mol. The molecule has 2 aromatic rings. The molecule has 1 heterocycles. The van der Waals surface area contributed by atoms with Crippen LogP contribution in [0.1, 0.15) is 42.6 Å². The van der Waals surface area contributed by atoms with Crippen LogP contribution in [0.15, 0.2) is 27.2 Å². The van der Waals surface area contributed by atoms with Gasteiger partial charge in [0.25, 0.3) is 0 Å². The van der Waals surface area contributed by atoms with Crippen molar-refractivity contribution in [2.75, 3.05) is 0 Å². The summed E-state index contributed by atoms with van der Waals surface area (Å²) in [6.45, 7) is 2.09. The van der Waals surface area contributed by atoms with Crippen LogP contribution in [0, 0.1) is 0 Å². The summed E-state index contributed by atoms with van der Waals surface area (Å²) in [6, 6.07) is 6.37. The van der Waals surface area contributed by atoms with Gasteiger partial charge in [0, 0.05) is 10.9 Å². The number of hydrogen-bond donors (Lipinski definition) is 1. The van der Waals surface area contributed by atoms with Crippen molar-refractivity contribution < 1.29 is 4.52 Å². The number of aromatic nitrogens is 2. The van der Waals surface area contributed by atoms with Gasteiger partial charge in [-0.15, -0.1) is 0 Å². The van der Waals surface area contributed by atoms with Gasteiger partial charge in [0.05, 0.1) is 5.54 Å². The zero-order chi connectivity index (χ0) is 14.2. The predicted molar refractivity (Wildman–Crippen MR) is 80.3 cm³/mol. The molecule has 1 aliphatic carbocycles. The summed E-state index contributed by atoms with van der Waals surface area (Å²) >= 11 is 3.51. The van der Waals surface area contributed by atoms with Crippen molar-refractivity contribution in [2.24, 2.45) is 5.73 Å². The van der Waals surface area contributed by atoms with Crippen LogP contribution in [0.25, 0.3) is 0 Å². The van der Waals surface area contributed by atoms with Gasteiger partial charge in [-0.25, -0.2) is 0 Å². The van der Waals surface area contributed by atoms with Gasteiger partial charge < -0.3 is 10.3 Å². The highest BCUT2D eigenvalue weighted by Gasteiger charge is 2.36. The van der Waals surface area contributed by atoms with E-state index in [1.165, 1.54) is 11.1 Å². The van der Waals surface area contributed by atoms with E-state index in [4.69, 9.17) is 10.3 Å². The first-order valence-electron chi connectivity index (χ1n) is 7.00. The van der Waals surface area contributed by atoms with Crippen molar-refractivity contribution in [3.05, 3.63) is 45.5 Å². The molecule has 0 saturated heterocycles. The summed E-state index contributed by atoms with van der Waals surface area (Å²) in [5.41, 5.74) is 8.68. The molecule has 0 saturated carbocycles. The van der Waals surface area contributed by atoms with Crippen LogP contribution >= 0.6 is 15.9 Å². The second-order valence-electron chi connectivity index (χ2n) is 5.51. The minimum absolute atomic E-state index is 0.504. The first-order valence-corrected chi connectivity index (χ1v) is 7.79. The number of benzene rings is 1. The van der Waals surface area contributed by atoms with Crippen LogP contribution < -0.4 is 5.73 Å². The number of nitrogens with two attached hydrogens (primary N) is 1. The molecule has 3 rings (SSSR count). The maximum Gasteiger partial charge on any atom is 0.226 e. The van der Waals surface area contributed by atoms with Crippen molar-refractivity contribution >= 4 is 15.9 Å². The predicted octanol–water partition coefficient (Wildman–Crippen LogP) is 3.13. The Morgan fingerprint density at radius 2 is 2.25 bits per heavy atom. The first-order chi connectivity index (χ1) is 9.60. The Morgan fingerprint density at radius 3 is 3.05 bits per heavy atom. The molecule has 0 bridgehead atoms. The Bertz CT molecular complexity index is 625. The van der Waals surface area contributed by atoms with Crippen molar-refractivity contribution in [3.63, 3.8) is 0 Å². The van der Waals surface area contributed by atoms with Crippen LogP contribution in [0.3, 0.4) is 0 Å². The summed E-state index contributed by atoms with van der Waals surface area (Å²) in [5, 5.41) is 4.10. The Kier molecular flexibility index (Phi) is 3.65. The lowest BCUT2D eigenvalue weighted by atomic mass is 9.78. The average Bonchev–Trinajstić information content (AvgIpc) is 2.89. The number of rotatable bonds is 3. The third kappa shape index (κ3) is 2.52. The van der Waals surface area contributed by atoms with Gasteiger partial charge in [0.1, 0.15) is 0 Å². The van der Waals surface area contributed by atoms with E-state index in [-0.39, 0.29) is 0 Å². The Morgan fingerprint density at radius 1 is 1.40 bits per heavy atom. The Labute approximate surface area is 126 Å². The molecule has 20 heavy (non-hydrogen) atoms. The molecule has 4 nitrogen and oxygen atoms in total. The third-order valence-electron chi connectivity index (χ3n) is 3.89. The first kappa shape index (κ1) is 13.8. The Hall–Kier alpha value is -1.20. The largest absolute Gasteiger partial charge is 0.339 e. The van der Waals surface area contributed by atoms with Gasteiger partial charge in [-0.3, -0.25) is 0 Å². The fourth-order valence-corrected chi connectivity index (χ4v) is 3.16. The molecule has 1 unspecified atom stereocenters. The highest BCUT2D eigenvalue weighted by molar-refractivity contribution is 9.10. The van der Waals surface area contributed by atoms with E-state index in [9.17, 15) is 0 Å². The second-order valence-corrected chi connectivity index (χ2v) is 6.42. The van der Waals surface area contributed by atoms with E-state index in [1.807, 2.05) is 0 Å². The number of nitrogens with zero attached hydrogens (tertiary/aromatic N) is 2. The number of hydrogen-bond acceptors (Lipinski definition) is 4. The molecule has 0 aliphatic heterocycles. The summed E-state index contributed by atoms with van der Waals surface area (Å²) in [7, 11) is 0. The van der Waals surface area contributed by atoms with Crippen molar-refractivity contribution in [3.8, 4) is 0 Å². The van der Waals surface area contributed by atoms with E-state index in [1.54, 1.807) is 0 Å². The van der Waals surface area contributed by atoms with E-state index in [0.29, 0.717) is 11.7 Å². The smallest absolute Gasteiger partial charge is 0.226 e. The van der Waals surface area contributed by atoms with Crippen LogP contribution in [0.4, 0.5) is 0 Å². The number of halogens is 1. The Balaban J connectivity index is 1.88. The van der Waals surface area contributed by atoms with E-state index >= 15 is 0 Å². The lowest BCUT2D eigenvalue weighted by Crippen LogP contribution is -2.43. The molecule has 0 radical (unpaired) electrons. The normalized spacial score (nSPS) is 21.8. The van der Waals surface area contributed by atoms with Crippen molar-refractivity contribution in [1.29, 1.82) is 0 Å². The highest BCUT2D eigenvalue weighted by atomic mass is 79.9. The molecule has 1 atom stereocenters. The molecule has 0 fully saturated rings. The summed E-state index contributed by atoms with van der Waals surface area (Å²) in [4.78, 5) is 4.47. The zero-order valence-corrected chi connectivity index (χ0v) is 13.1. The molecule has 106 valence electrons. The lowest BCUT2D eigenvalue weighted by molar-refractivity contribution is 0.324. The van der Waals surface area contributed by atoms with Gasteiger partial charge in [0.15, 0.2) is 5.82 Å². The molecule has 0 spiro atoms. The van der Waals surface area contributed by atoms with Gasteiger partial charge in [-0.2, -0.15) is 4.98 Å². The van der Waals surface area contributed by atoms with E-state index in [2.05, 4.69) is 51.2 Å². The van der Waals surface area contributed by atoms with Crippen LogP contribution in [0.2, 0.25) is 0 Å². The molecular weight excluding hydrogens is 318 g/mol. The maximum absolute atomic E-state index is 6.55. The monoisotopic (exact) mass is 335 g/mol. The van der Waals surface area contributed by atoms with Crippen molar-refractivity contribution in [2.45, 2.75) is 44.6 Å². The highest BCUT2D eigenvalue weighted by Crippen LogP contribution is 2.34. The molecule has 1 aromatic heterocycles. The molecule has 5 heteroatoms. The SMILES string of the molecule is CCCc1nc(C2(N)CCc3cc(Br)ccc3C2)no1. The second kappa shape index (κ2) is 5.30. The summed E-state index contributed by atoms with van der Waals surface area (Å²) in [5.74, 6) is 1.34. The standard InChI is InChI=1S/C15H18BrN3O/c1-2-3-13-18-14(19-20-13)15(17)7-6-10-8-12(16)5-4-11(10)9-15/h4-5,8H,2-3,6-7,9,17H2,1H3. The lowest BCUT2D eigenvalue weighted by Gasteiger charge is -2.32. The molecule has 0 amide bonds. The fraction of sp³-hybridized carbons (Fsp3) is 0.467. The van der Waals surface area contributed by atoms with E-state index < -0.39 is 5.54 Å². The number of aryl methyl sites for hydroxylation is 2. The summed E-state index contributed by atoms with van der Waals surface area (Å²) in [6.07, 6.45) is 4.37. The molecule has 2 N–H and O–H groups in total. The topological polar surface area (TPSA) is 64.9 Å². The van der Waals surface area contributed by atoms with Crippen LogP contribution in [-0.4, -0.2) is 10.1 Å². The van der Waals surface area contributed by atoms with Gasteiger partial charge in [-0.05, 0) is 48.9 Å². The fourth-order valence-electron chi connectivity index (χ4n) is 2.75. The molecule has 1 aromatic carbocycles. The maximum atomic E-state index is 6.55. The zero-order valence-electron chi connectivity index (χ0n) is 11.5. The van der Waals surface area contributed by atoms with Gasteiger partial charge in [0.2, 0.25) is 5.89 Å². The minimum Gasteiger partial charge on any atom is -0.339 e. The van der Waals surface area contributed by atoms with E-state index in [0.717, 1.165) is 36.6 Å². The summed E-state index contributed by atoms with van der Waals surface area (Å²) < 4.78 is 6.40. The number of fused-ring (bicyclic) bond motifs is 1. The minimum atomic E-state index is -0.504. The molecular formula is C15H18BrN3O. The van der Waals surface area contributed by atoms with Crippen LogP contribution in [0.5, 0.6) is 0 Å². The van der Waals surface area contributed by atoms with Gasteiger partial charge >= 0.3 is 0 Å². The van der Waals surface area contributed by atoms with Crippen molar-refractivity contribution in [1.82, 2.24) is 10.1 Å².